The molecule has 3 rings (SSSR count). The fraction of sp³-hybridized carbons (Fsp3) is 0.235. The zero-order valence-corrected chi connectivity index (χ0v) is 15.9. The van der Waals surface area contributed by atoms with E-state index in [-0.39, 0.29) is 29.2 Å². The lowest BCUT2D eigenvalue weighted by Gasteiger charge is -2.05. The number of aromatic amines is 2. The first-order chi connectivity index (χ1) is 13.4. The number of carbonyl (C=O) groups excluding carboxylic acids is 1. The number of nitrogens with zero attached hydrogens (tertiary/aromatic N) is 2. The maximum absolute atomic E-state index is 12.1. The van der Waals surface area contributed by atoms with Gasteiger partial charge in [-0.15, -0.1) is 10.2 Å². The molecule has 28 heavy (non-hydrogen) atoms. The van der Waals surface area contributed by atoms with E-state index in [1.165, 1.54) is 0 Å². The van der Waals surface area contributed by atoms with E-state index >= 15 is 0 Å². The van der Waals surface area contributed by atoms with Gasteiger partial charge in [0.1, 0.15) is 5.75 Å². The monoisotopic (exact) mass is 403 g/mol. The van der Waals surface area contributed by atoms with Crippen LogP contribution in [-0.2, 0) is 11.2 Å². The molecule has 0 fully saturated rings. The lowest BCUT2D eigenvalue weighted by Crippen LogP contribution is -2.27. The molecule has 0 unspecified atom stereocenters. The molecule has 1 amide bonds. The van der Waals surface area contributed by atoms with Crippen LogP contribution < -0.4 is 21.3 Å². The molecule has 0 aliphatic heterocycles. The van der Waals surface area contributed by atoms with Gasteiger partial charge in [-0.05, 0) is 19.1 Å². The van der Waals surface area contributed by atoms with Crippen LogP contribution in [0.5, 0.6) is 5.75 Å². The average molecular weight is 403 g/mol. The SMILES string of the molecule is COc1cccc(NC(=O)CSc2nnc(Cc3c(C)[nH]c(=O)[nH]c3=O)o2)c1. The quantitative estimate of drug-likeness (QED) is 0.497. The molecular formula is C17H17N5O5S. The van der Waals surface area contributed by atoms with Gasteiger partial charge in [0, 0.05) is 23.0 Å². The van der Waals surface area contributed by atoms with E-state index in [1.54, 1.807) is 38.3 Å². The predicted molar refractivity (Wildman–Crippen MR) is 102 cm³/mol. The fourth-order valence-corrected chi connectivity index (χ4v) is 2.96. The highest BCUT2D eigenvalue weighted by molar-refractivity contribution is 7.99. The minimum atomic E-state index is -0.574. The molecular weight excluding hydrogens is 386 g/mol. The second-order valence-corrected chi connectivity index (χ2v) is 6.65. The Balaban J connectivity index is 1.58. The number of hydrogen-bond donors (Lipinski definition) is 3. The van der Waals surface area contributed by atoms with Gasteiger partial charge in [0.2, 0.25) is 11.8 Å². The van der Waals surface area contributed by atoms with Crippen LogP contribution in [0.25, 0.3) is 0 Å². The smallest absolute Gasteiger partial charge is 0.325 e. The van der Waals surface area contributed by atoms with E-state index in [2.05, 4.69) is 25.5 Å². The van der Waals surface area contributed by atoms with E-state index < -0.39 is 11.2 Å². The molecule has 2 heterocycles. The van der Waals surface area contributed by atoms with E-state index in [0.717, 1.165) is 11.8 Å². The summed E-state index contributed by atoms with van der Waals surface area (Å²) >= 11 is 1.07. The summed E-state index contributed by atoms with van der Waals surface area (Å²) in [7, 11) is 1.55. The normalized spacial score (nSPS) is 10.6. The Kier molecular flexibility index (Phi) is 5.94. The molecule has 1 aromatic carbocycles. The Hall–Kier alpha value is -3.34. The molecule has 0 aliphatic carbocycles. The van der Waals surface area contributed by atoms with Crippen molar-refractivity contribution in [1.29, 1.82) is 0 Å². The largest absolute Gasteiger partial charge is 0.497 e. The van der Waals surface area contributed by atoms with Crippen molar-refractivity contribution in [2.75, 3.05) is 18.2 Å². The Labute approximate surface area is 162 Å². The zero-order valence-electron chi connectivity index (χ0n) is 15.1. The summed E-state index contributed by atoms with van der Waals surface area (Å²) in [6, 6.07) is 7.00. The van der Waals surface area contributed by atoms with E-state index in [1.807, 2.05) is 0 Å². The third-order valence-corrected chi connectivity index (χ3v) is 4.53. The van der Waals surface area contributed by atoms with Crippen LogP contribution in [0.2, 0.25) is 0 Å². The van der Waals surface area contributed by atoms with Crippen LogP contribution in [-0.4, -0.2) is 38.9 Å². The van der Waals surface area contributed by atoms with Gasteiger partial charge < -0.3 is 19.5 Å². The van der Waals surface area contributed by atoms with Gasteiger partial charge in [-0.1, -0.05) is 17.8 Å². The number of ether oxygens (including phenoxy) is 1. The lowest BCUT2D eigenvalue weighted by molar-refractivity contribution is -0.113. The van der Waals surface area contributed by atoms with Gasteiger partial charge in [-0.2, -0.15) is 0 Å². The number of benzene rings is 1. The molecule has 0 saturated heterocycles. The number of rotatable bonds is 7. The first kappa shape index (κ1) is 19.4. The number of aromatic nitrogens is 4. The third-order valence-electron chi connectivity index (χ3n) is 3.71. The maximum atomic E-state index is 12.1. The highest BCUT2D eigenvalue weighted by Gasteiger charge is 2.14. The van der Waals surface area contributed by atoms with Crippen molar-refractivity contribution < 1.29 is 13.9 Å². The van der Waals surface area contributed by atoms with Crippen molar-refractivity contribution in [2.45, 2.75) is 18.6 Å². The minimum Gasteiger partial charge on any atom is -0.497 e. The first-order valence-electron chi connectivity index (χ1n) is 8.16. The average Bonchev–Trinajstić information content (AvgIpc) is 3.11. The molecule has 0 radical (unpaired) electrons. The summed E-state index contributed by atoms with van der Waals surface area (Å²) in [5.41, 5.74) is 0.291. The Morgan fingerprint density at radius 2 is 2.11 bits per heavy atom. The summed E-state index contributed by atoms with van der Waals surface area (Å²) in [6.07, 6.45) is 0.0709. The number of nitrogens with one attached hydrogen (secondary N) is 3. The highest BCUT2D eigenvalue weighted by Crippen LogP contribution is 2.20. The molecule has 3 N–H and O–H groups in total. The van der Waals surface area contributed by atoms with Gasteiger partial charge in [-0.3, -0.25) is 14.6 Å². The summed E-state index contributed by atoms with van der Waals surface area (Å²) in [4.78, 5) is 39.8. The Bertz CT molecular complexity index is 1100. The standard InChI is InChI=1S/C17H17N5O5S/c1-9-12(15(24)20-16(25)18-9)7-14-21-22-17(27-14)28-8-13(23)19-10-4-3-5-11(6-10)26-2/h3-6H,7-8H2,1-2H3,(H,19,23)(H2,18,20,24,25). The second-order valence-electron chi connectivity index (χ2n) is 5.72. The maximum Gasteiger partial charge on any atom is 0.325 e. The molecule has 0 saturated carbocycles. The number of methoxy groups -OCH3 is 1. The summed E-state index contributed by atoms with van der Waals surface area (Å²) < 4.78 is 10.6. The molecule has 10 nitrogen and oxygen atoms in total. The minimum absolute atomic E-state index is 0.0666. The summed E-state index contributed by atoms with van der Waals surface area (Å²) in [5.74, 6) is 0.665. The predicted octanol–water partition coefficient (Wildman–Crippen LogP) is 1.08. The van der Waals surface area contributed by atoms with Crippen molar-refractivity contribution in [3.05, 3.63) is 62.3 Å². The molecule has 0 atom stereocenters. The van der Waals surface area contributed by atoms with Crippen LogP contribution in [0.15, 0.2) is 43.5 Å². The van der Waals surface area contributed by atoms with E-state index in [9.17, 15) is 14.4 Å². The number of thioether (sulfide) groups is 1. The van der Waals surface area contributed by atoms with Crippen LogP contribution >= 0.6 is 11.8 Å². The van der Waals surface area contributed by atoms with Crippen LogP contribution in [0.4, 0.5) is 5.69 Å². The van der Waals surface area contributed by atoms with Gasteiger partial charge in [0.05, 0.1) is 19.3 Å². The van der Waals surface area contributed by atoms with Gasteiger partial charge >= 0.3 is 5.69 Å². The first-order valence-corrected chi connectivity index (χ1v) is 9.14. The third kappa shape index (κ3) is 4.88. The zero-order chi connectivity index (χ0) is 20.1. The summed E-state index contributed by atoms with van der Waals surface area (Å²) in [6.45, 7) is 1.61. The van der Waals surface area contributed by atoms with Gasteiger partial charge in [0.15, 0.2) is 0 Å². The van der Waals surface area contributed by atoms with Crippen LogP contribution in [0, 0.1) is 6.92 Å². The highest BCUT2D eigenvalue weighted by atomic mass is 32.2. The Morgan fingerprint density at radius 3 is 2.86 bits per heavy atom. The fourth-order valence-electron chi connectivity index (χ4n) is 2.38. The number of hydrogen-bond acceptors (Lipinski definition) is 8. The molecule has 3 aromatic rings. The second kappa shape index (κ2) is 8.57. The van der Waals surface area contributed by atoms with Gasteiger partial charge in [0.25, 0.3) is 10.8 Å². The molecule has 0 bridgehead atoms. The molecule has 0 aliphatic rings. The number of carbonyl (C=O) groups is 1. The number of aryl methyl sites for hydroxylation is 1. The molecule has 2 aromatic heterocycles. The van der Waals surface area contributed by atoms with Crippen LogP contribution in [0.1, 0.15) is 17.1 Å². The molecule has 11 heteroatoms. The van der Waals surface area contributed by atoms with Crippen molar-refractivity contribution in [1.82, 2.24) is 20.2 Å². The van der Waals surface area contributed by atoms with E-state index in [0.29, 0.717) is 22.7 Å². The lowest BCUT2D eigenvalue weighted by atomic mass is 10.2. The Morgan fingerprint density at radius 1 is 1.29 bits per heavy atom. The van der Waals surface area contributed by atoms with Crippen molar-refractivity contribution in [2.24, 2.45) is 0 Å². The molecule has 0 spiro atoms. The van der Waals surface area contributed by atoms with Crippen molar-refractivity contribution in [3.8, 4) is 5.75 Å². The number of H-pyrrole nitrogens is 2. The number of amides is 1. The van der Waals surface area contributed by atoms with E-state index in [4.69, 9.17) is 9.15 Å². The summed E-state index contributed by atoms with van der Waals surface area (Å²) in [5, 5.41) is 10.7. The van der Waals surface area contributed by atoms with Gasteiger partial charge in [-0.25, -0.2) is 4.79 Å². The van der Waals surface area contributed by atoms with Crippen molar-refractivity contribution >= 4 is 23.4 Å². The molecule has 146 valence electrons. The van der Waals surface area contributed by atoms with Crippen LogP contribution in [0.3, 0.4) is 0 Å². The topological polar surface area (TPSA) is 143 Å². The number of anilines is 1. The van der Waals surface area contributed by atoms with Crippen molar-refractivity contribution in [3.63, 3.8) is 0 Å².